The number of carbonyl (C=O) groups is 2. The van der Waals surface area contributed by atoms with Gasteiger partial charge in [-0.1, -0.05) is 18.2 Å². The highest BCUT2D eigenvalue weighted by Crippen LogP contribution is 2.32. The lowest BCUT2D eigenvalue weighted by Crippen LogP contribution is -2.19. The van der Waals surface area contributed by atoms with Crippen molar-refractivity contribution in [1.29, 1.82) is 0 Å². The van der Waals surface area contributed by atoms with Gasteiger partial charge in [-0.25, -0.2) is 0 Å². The second-order valence-corrected chi connectivity index (χ2v) is 7.09. The van der Waals surface area contributed by atoms with Crippen LogP contribution < -0.4 is 16.0 Å². The average Bonchev–Trinajstić information content (AvgIpc) is 2.69. The molecule has 4 rings (SSSR count). The van der Waals surface area contributed by atoms with E-state index in [1.807, 2.05) is 60.7 Å². The molecule has 0 aliphatic carbocycles. The molecule has 0 fully saturated rings. The molecule has 2 amide bonds. The molecule has 5 nitrogen and oxygen atoms in total. The molecule has 3 N–H and O–H groups in total. The Morgan fingerprint density at radius 3 is 2.37 bits per heavy atom. The molecule has 0 spiro atoms. The van der Waals surface area contributed by atoms with Crippen LogP contribution in [0.15, 0.2) is 77.7 Å². The lowest BCUT2D eigenvalue weighted by Gasteiger charge is -2.17. The van der Waals surface area contributed by atoms with Crippen molar-refractivity contribution in [1.82, 2.24) is 0 Å². The van der Waals surface area contributed by atoms with Crippen LogP contribution in [0.1, 0.15) is 10.4 Å². The molecule has 3 aromatic carbocycles. The summed E-state index contributed by atoms with van der Waals surface area (Å²) < 4.78 is 0. The molecule has 27 heavy (non-hydrogen) atoms. The van der Waals surface area contributed by atoms with Gasteiger partial charge in [0.1, 0.15) is 0 Å². The van der Waals surface area contributed by atoms with Crippen molar-refractivity contribution in [3.63, 3.8) is 0 Å². The number of carbonyl (C=O) groups excluding carboxylic acids is 2. The van der Waals surface area contributed by atoms with E-state index in [-0.39, 0.29) is 11.8 Å². The van der Waals surface area contributed by atoms with Gasteiger partial charge < -0.3 is 16.0 Å². The fourth-order valence-electron chi connectivity index (χ4n) is 2.75. The third-order valence-corrected chi connectivity index (χ3v) is 5.15. The fraction of sp³-hybridized carbons (Fsp3) is 0.0476. The molecule has 0 atom stereocenters. The van der Waals surface area contributed by atoms with Crippen molar-refractivity contribution in [2.24, 2.45) is 0 Å². The van der Waals surface area contributed by atoms with Crippen molar-refractivity contribution >= 4 is 46.3 Å². The summed E-state index contributed by atoms with van der Waals surface area (Å²) >= 11 is 1.47. The highest BCUT2D eigenvalue weighted by Gasteiger charge is 2.17. The van der Waals surface area contributed by atoms with Gasteiger partial charge in [-0.2, -0.15) is 0 Å². The minimum atomic E-state index is -0.216. The Morgan fingerprint density at radius 2 is 1.59 bits per heavy atom. The van der Waals surface area contributed by atoms with Gasteiger partial charge in [0, 0.05) is 27.5 Å². The molecule has 0 unspecified atom stereocenters. The summed E-state index contributed by atoms with van der Waals surface area (Å²) in [5, 5.41) is 8.98. The van der Waals surface area contributed by atoms with Gasteiger partial charge >= 0.3 is 0 Å². The first-order valence-electron chi connectivity index (χ1n) is 8.47. The first-order chi connectivity index (χ1) is 13.2. The minimum Gasteiger partial charge on any atom is -0.356 e. The third kappa shape index (κ3) is 4.12. The van der Waals surface area contributed by atoms with E-state index >= 15 is 0 Å². The summed E-state index contributed by atoms with van der Waals surface area (Å²) in [4.78, 5) is 25.0. The number of benzene rings is 3. The van der Waals surface area contributed by atoms with Gasteiger partial charge in [0.05, 0.1) is 11.4 Å². The van der Waals surface area contributed by atoms with Gasteiger partial charge in [0.2, 0.25) is 5.91 Å². The smallest absolute Gasteiger partial charge is 0.255 e. The van der Waals surface area contributed by atoms with Crippen molar-refractivity contribution in [3.8, 4) is 0 Å². The number of hydrogen-bond acceptors (Lipinski definition) is 4. The maximum absolute atomic E-state index is 12.5. The third-order valence-electron chi connectivity index (χ3n) is 4.08. The Bertz CT molecular complexity index is 988. The maximum atomic E-state index is 12.5. The zero-order valence-corrected chi connectivity index (χ0v) is 15.2. The minimum absolute atomic E-state index is 0.0495. The number of rotatable bonds is 4. The summed E-state index contributed by atoms with van der Waals surface area (Å²) in [6.45, 7) is 0. The summed E-state index contributed by atoms with van der Waals surface area (Å²) in [6, 6.07) is 22.7. The van der Waals surface area contributed by atoms with Crippen molar-refractivity contribution in [2.75, 3.05) is 21.7 Å². The zero-order valence-electron chi connectivity index (χ0n) is 14.4. The normalized spacial score (nSPS) is 12.7. The lowest BCUT2D eigenvalue weighted by molar-refractivity contribution is -0.113. The van der Waals surface area contributed by atoms with Gasteiger partial charge in [0.25, 0.3) is 5.91 Å². The SMILES string of the molecule is O=C1CSc2ccc(C(=O)Nc3ccc(Nc4ccccc4)cc3)cc2N1. The van der Waals surface area contributed by atoms with Gasteiger partial charge in [-0.15, -0.1) is 11.8 Å². The standard InChI is InChI=1S/C21H17N3O2S/c25-20-13-27-19-11-6-14(12-18(19)24-20)21(26)23-17-9-7-16(8-10-17)22-15-4-2-1-3-5-15/h1-12,22H,13H2,(H,23,26)(H,24,25). The van der Waals surface area contributed by atoms with Crippen LogP contribution in [-0.4, -0.2) is 17.6 Å². The Hall–Kier alpha value is -3.25. The number of thioether (sulfide) groups is 1. The molecular formula is C21H17N3O2S. The monoisotopic (exact) mass is 375 g/mol. The van der Waals surface area contributed by atoms with Crippen LogP contribution in [0, 0.1) is 0 Å². The van der Waals surface area contributed by atoms with Crippen LogP contribution in [0.25, 0.3) is 0 Å². The molecule has 0 saturated heterocycles. The largest absolute Gasteiger partial charge is 0.356 e. The Labute approximate surface area is 161 Å². The zero-order chi connectivity index (χ0) is 18.6. The van der Waals surface area contributed by atoms with E-state index in [2.05, 4.69) is 16.0 Å². The molecule has 1 aliphatic rings. The van der Waals surface area contributed by atoms with Gasteiger partial charge in [-0.05, 0) is 54.6 Å². The summed E-state index contributed by atoms with van der Waals surface area (Å²) in [5.74, 6) is 0.139. The predicted octanol–water partition coefficient (Wildman–Crippen LogP) is 4.73. The molecule has 0 radical (unpaired) electrons. The molecule has 1 aliphatic heterocycles. The van der Waals surface area contributed by atoms with Gasteiger partial charge in [0.15, 0.2) is 0 Å². The molecule has 6 heteroatoms. The Kier molecular flexibility index (Phi) is 4.80. The second-order valence-electron chi connectivity index (χ2n) is 6.07. The van der Waals surface area contributed by atoms with E-state index in [0.29, 0.717) is 22.7 Å². The van der Waals surface area contributed by atoms with Gasteiger partial charge in [-0.3, -0.25) is 9.59 Å². The highest BCUT2D eigenvalue weighted by molar-refractivity contribution is 8.00. The Morgan fingerprint density at radius 1 is 0.889 bits per heavy atom. The first-order valence-corrected chi connectivity index (χ1v) is 9.46. The molecule has 0 aromatic heterocycles. The van der Waals surface area contributed by atoms with Crippen LogP contribution >= 0.6 is 11.8 Å². The van der Waals surface area contributed by atoms with E-state index in [0.717, 1.165) is 16.3 Å². The number of nitrogens with one attached hydrogen (secondary N) is 3. The van der Waals surface area contributed by atoms with Crippen LogP contribution in [0.5, 0.6) is 0 Å². The van der Waals surface area contributed by atoms with E-state index in [9.17, 15) is 9.59 Å². The summed E-state index contributed by atoms with van der Waals surface area (Å²) in [6.07, 6.45) is 0. The topological polar surface area (TPSA) is 70.2 Å². The van der Waals surface area contributed by atoms with E-state index in [4.69, 9.17) is 0 Å². The lowest BCUT2D eigenvalue weighted by atomic mass is 10.1. The predicted molar refractivity (Wildman–Crippen MR) is 110 cm³/mol. The number of fused-ring (bicyclic) bond motifs is 1. The molecule has 1 heterocycles. The van der Waals surface area contributed by atoms with Crippen molar-refractivity contribution in [2.45, 2.75) is 4.90 Å². The molecule has 0 saturated carbocycles. The molecule has 0 bridgehead atoms. The average molecular weight is 375 g/mol. The Balaban J connectivity index is 1.44. The van der Waals surface area contributed by atoms with Crippen LogP contribution in [0.3, 0.4) is 0 Å². The quantitative estimate of drug-likeness (QED) is 0.617. The highest BCUT2D eigenvalue weighted by atomic mass is 32.2. The molecular weight excluding hydrogens is 358 g/mol. The second kappa shape index (κ2) is 7.55. The number of anilines is 4. The molecule has 134 valence electrons. The maximum Gasteiger partial charge on any atom is 0.255 e. The van der Waals surface area contributed by atoms with E-state index in [1.165, 1.54) is 11.8 Å². The van der Waals surface area contributed by atoms with Crippen LogP contribution in [0.2, 0.25) is 0 Å². The number of amides is 2. The van der Waals surface area contributed by atoms with Crippen molar-refractivity contribution in [3.05, 3.63) is 78.4 Å². The van der Waals surface area contributed by atoms with Crippen molar-refractivity contribution < 1.29 is 9.59 Å². The van der Waals surface area contributed by atoms with E-state index in [1.54, 1.807) is 12.1 Å². The molecule has 3 aromatic rings. The first kappa shape index (κ1) is 17.2. The number of hydrogen-bond donors (Lipinski definition) is 3. The summed E-state index contributed by atoms with van der Waals surface area (Å²) in [7, 11) is 0. The van der Waals surface area contributed by atoms with E-state index < -0.39 is 0 Å². The van der Waals surface area contributed by atoms with Crippen LogP contribution in [-0.2, 0) is 4.79 Å². The fourth-order valence-corrected chi connectivity index (χ4v) is 3.54. The summed E-state index contributed by atoms with van der Waals surface area (Å²) in [5.41, 5.74) is 3.83. The number of para-hydroxylation sites is 1. The van der Waals surface area contributed by atoms with Crippen LogP contribution in [0.4, 0.5) is 22.7 Å².